The van der Waals surface area contributed by atoms with Gasteiger partial charge in [0.05, 0.1) is 4.90 Å². The summed E-state index contributed by atoms with van der Waals surface area (Å²) in [6.07, 6.45) is 0. The van der Waals surface area contributed by atoms with Crippen LogP contribution in [0.15, 0.2) is 47.4 Å². The quantitative estimate of drug-likeness (QED) is 0.927. The Balaban J connectivity index is 2.49. The molecule has 0 aromatic heterocycles. The van der Waals surface area contributed by atoms with Crippen LogP contribution in [0.4, 0.5) is 0 Å². The smallest absolute Gasteiger partial charge is 0.243 e. The third-order valence-electron chi connectivity index (χ3n) is 3.36. The summed E-state index contributed by atoms with van der Waals surface area (Å²) in [5, 5.41) is 1.94. The molecule has 1 atom stereocenters. The number of sulfonamides is 1. The molecule has 0 aliphatic heterocycles. The second-order valence-corrected chi connectivity index (χ2v) is 6.61. The van der Waals surface area contributed by atoms with E-state index in [1.165, 1.54) is 4.31 Å². The maximum Gasteiger partial charge on any atom is 0.243 e. The molecule has 1 unspecified atom stereocenters. The van der Waals surface area contributed by atoms with Crippen LogP contribution >= 0.6 is 0 Å². The van der Waals surface area contributed by atoms with Crippen LogP contribution in [0.5, 0.6) is 0 Å². The molecule has 2 aromatic carbocycles. The fraction of sp³-hybridized carbons (Fsp3) is 0.286. The third kappa shape index (κ3) is 2.63. The predicted octanol–water partition coefficient (Wildman–Crippen LogP) is 1.81. The summed E-state index contributed by atoms with van der Waals surface area (Å²) in [6, 6.07) is 12.6. The van der Waals surface area contributed by atoms with Gasteiger partial charge in [-0.05, 0) is 29.8 Å². The third-order valence-corrected chi connectivity index (χ3v) is 5.33. The van der Waals surface area contributed by atoms with Gasteiger partial charge < -0.3 is 5.73 Å². The Morgan fingerprint density at radius 3 is 2.42 bits per heavy atom. The molecular weight excluding hydrogens is 260 g/mol. The highest BCUT2D eigenvalue weighted by molar-refractivity contribution is 7.89. The Labute approximate surface area is 113 Å². The van der Waals surface area contributed by atoms with Crippen LogP contribution in [-0.4, -0.2) is 32.4 Å². The van der Waals surface area contributed by atoms with E-state index in [9.17, 15) is 8.42 Å². The van der Waals surface area contributed by atoms with E-state index in [1.54, 1.807) is 26.1 Å². The molecule has 0 aliphatic carbocycles. The van der Waals surface area contributed by atoms with E-state index in [2.05, 4.69) is 0 Å². The van der Waals surface area contributed by atoms with Crippen LogP contribution < -0.4 is 5.73 Å². The van der Waals surface area contributed by atoms with Crippen molar-refractivity contribution in [2.45, 2.75) is 17.9 Å². The molecule has 0 spiro atoms. The second-order valence-electron chi connectivity index (χ2n) is 4.61. The highest BCUT2D eigenvalue weighted by atomic mass is 32.2. The SMILES string of the molecule is CC(CN)N(C)S(=O)(=O)c1ccc2ccccc2c1. The highest BCUT2D eigenvalue weighted by Gasteiger charge is 2.24. The maximum absolute atomic E-state index is 12.4. The molecule has 4 nitrogen and oxygen atoms in total. The summed E-state index contributed by atoms with van der Waals surface area (Å²) in [6.45, 7) is 2.09. The standard InChI is InChI=1S/C14H18N2O2S/c1-11(10-15)16(2)19(17,18)14-8-7-12-5-3-4-6-13(12)9-14/h3-9,11H,10,15H2,1-2H3. The lowest BCUT2D eigenvalue weighted by Crippen LogP contribution is -2.39. The van der Waals surface area contributed by atoms with Crippen LogP contribution in [0, 0.1) is 0 Å². The van der Waals surface area contributed by atoms with Crippen LogP contribution in [0.25, 0.3) is 10.8 Å². The zero-order valence-corrected chi connectivity index (χ0v) is 11.9. The first-order chi connectivity index (χ1) is 8.96. The van der Waals surface area contributed by atoms with E-state index in [0.717, 1.165) is 10.8 Å². The summed E-state index contributed by atoms with van der Waals surface area (Å²) in [4.78, 5) is 0.300. The summed E-state index contributed by atoms with van der Waals surface area (Å²) >= 11 is 0. The second kappa shape index (κ2) is 5.28. The molecule has 0 saturated carbocycles. The minimum Gasteiger partial charge on any atom is -0.329 e. The molecule has 0 radical (unpaired) electrons. The predicted molar refractivity (Wildman–Crippen MR) is 77.4 cm³/mol. The highest BCUT2D eigenvalue weighted by Crippen LogP contribution is 2.22. The Hall–Kier alpha value is -1.43. The van der Waals surface area contributed by atoms with Crippen LogP contribution in [0.1, 0.15) is 6.92 Å². The van der Waals surface area contributed by atoms with Gasteiger partial charge in [-0.25, -0.2) is 8.42 Å². The van der Waals surface area contributed by atoms with E-state index in [4.69, 9.17) is 5.73 Å². The minimum absolute atomic E-state index is 0.225. The van der Waals surface area contributed by atoms with E-state index in [-0.39, 0.29) is 6.04 Å². The molecule has 102 valence electrons. The fourth-order valence-electron chi connectivity index (χ4n) is 1.88. The van der Waals surface area contributed by atoms with Gasteiger partial charge in [-0.1, -0.05) is 30.3 Å². The topological polar surface area (TPSA) is 63.4 Å². The number of hydrogen-bond acceptors (Lipinski definition) is 3. The van der Waals surface area contributed by atoms with Crippen LogP contribution in [0.2, 0.25) is 0 Å². The van der Waals surface area contributed by atoms with E-state index in [0.29, 0.717) is 11.4 Å². The van der Waals surface area contributed by atoms with Gasteiger partial charge in [0.25, 0.3) is 0 Å². The average molecular weight is 278 g/mol. The summed E-state index contributed by atoms with van der Waals surface area (Å²) in [7, 11) is -1.93. The molecule has 5 heteroatoms. The summed E-state index contributed by atoms with van der Waals surface area (Å²) < 4.78 is 26.2. The Bertz CT molecular complexity index is 683. The van der Waals surface area contributed by atoms with Crippen molar-refractivity contribution < 1.29 is 8.42 Å². The average Bonchev–Trinajstić information content (AvgIpc) is 2.45. The molecule has 2 aromatic rings. The number of nitrogens with two attached hydrogens (primary N) is 1. The van der Waals surface area contributed by atoms with Gasteiger partial charge in [-0.3, -0.25) is 0 Å². The fourth-order valence-corrected chi connectivity index (χ4v) is 3.29. The van der Waals surface area contributed by atoms with Crippen molar-refractivity contribution in [2.24, 2.45) is 5.73 Å². The zero-order chi connectivity index (χ0) is 14.0. The lowest BCUT2D eigenvalue weighted by Gasteiger charge is -2.23. The number of hydrogen-bond donors (Lipinski definition) is 1. The van der Waals surface area contributed by atoms with Crippen molar-refractivity contribution in [3.63, 3.8) is 0 Å². The summed E-state index contributed by atoms with van der Waals surface area (Å²) in [5.74, 6) is 0. The van der Waals surface area contributed by atoms with E-state index in [1.807, 2.05) is 30.3 Å². The molecule has 0 bridgehead atoms. The van der Waals surface area contributed by atoms with Gasteiger partial charge in [-0.2, -0.15) is 4.31 Å². The van der Waals surface area contributed by atoms with Crippen molar-refractivity contribution >= 4 is 20.8 Å². The molecule has 0 amide bonds. The number of fused-ring (bicyclic) bond motifs is 1. The van der Waals surface area contributed by atoms with E-state index >= 15 is 0 Å². The molecular formula is C14H18N2O2S. The lowest BCUT2D eigenvalue weighted by molar-refractivity contribution is 0.394. The largest absolute Gasteiger partial charge is 0.329 e. The molecule has 2 N–H and O–H groups in total. The van der Waals surface area contributed by atoms with Crippen molar-refractivity contribution in [1.82, 2.24) is 4.31 Å². The lowest BCUT2D eigenvalue weighted by atomic mass is 10.1. The molecule has 0 saturated heterocycles. The zero-order valence-electron chi connectivity index (χ0n) is 11.1. The number of likely N-dealkylation sites (N-methyl/N-ethyl adjacent to an activating group) is 1. The first-order valence-corrected chi connectivity index (χ1v) is 7.57. The normalized spacial score (nSPS) is 13.9. The van der Waals surface area contributed by atoms with Crippen molar-refractivity contribution in [1.29, 1.82) is 0 Å². The Kier molecular flexibility index (Phi) is 3.89. The number of benzene rings is 2. The first-order valence-electron chi connectivity index (χ1n) is 6.13. The Morgan fingerprint density at radius 1 is 1.16 bits per heavy atom. The van der Waals surface area contributed by atoms with Crippen LogP contribution in [-0.2, 0) is 10.0 Å². The monoisotopic (exact) mass is 278 g/mol. The van der Waals surface area contributed by atoms with E-state index < -0.39 is 10.0 Å². The maximum atomic E-state index is 12.4. The molecule has 0 heterocycles. The molecule has 2 rings (SSSR count). The number of rotatable bonds is 4. The molecule has 0 fully saturated rings. The van der Waals surface area contributed by atoms with Crippen LogP contribution in [0.3, 0.4) is 0 Å². The van der Waals surface area contributed by atoms with Crippen molar-refractivity contribution in [3.8, 4) is 0 Å². The van der Waals surface area contributed by atoms with Gasteiger partial charge in [0.1, 0.15) is 0 Å². The van der Waals surface area contributed by atoms with Gasteiger partial charge >= 0.3 is 0 Å². The van der Waals surface area contributed by atoms with Gasteiger partial charge in [0.15, 0.2) is 0 Å². The van der Waals surface area contributed by atoms with Gasteiger partial charge in [0.2, 0.25) is 10.0 Å². The number of nitrogens with zero attached hydrogens (tertiary/aromatic N) is 1. The first kappa shape index (κ1) is 14.0. The van der Waals surface area contributed by atoms with Gasteiger partial charge in [0, 0.05) is 19.6 Å². The van der Waals surface area contributed by atoms with Crippen molar-refractivity contribution in [2.75, 3.05) is 13.6 Å². The molecule has 0 aliphatic rings. The summed E-state index contributed by atoms with van der Waals surface area (Å²) in [5.41, 5.74) is 5.53. The molecule has 19 heavy (non-hydrogen) atoms. The van der Waals surface area contributed by atoms with Crippen molar-refractivity contribution in [3.05, 3.63) is 42.5 Å². The minimum atomic E-state index is -3.49. The van der Waals surface area contributed by atoms with Gasteiger partial charge in [-0.15, -0.1) is 0 Å². The Morgan fingerprint density at radius 2 is 1.79 bits per heavy atom.